The van der Waals surface area contributed by atoms with Gasteiger partial charge in [-0.25, -0.2) is 0 Å². The Morgan fingerprint density at radius 2 is 0.675 bits per heavy atom. The van der Waals surface area contributed by atoms with Crippen LogP contribution in [-0.2, 0) is 8.23 Å². The Balaban J connectivity index is -0.0000000801. The van der Waals surface area contributed by atoms with Crippen molar-refractivity contribution in [1.29, 1.82) is 0 Å². The first-order valence-corrected chi connectivity index (χ1v) is 23.1. The molecule has 2 aromatic rings. The zero-order valence-corrected chi connectivity index (χ0v) is 25.2. The van der Waals surface area contributed by atoms with Crippen LogP contribution in [0.3, 0.4) is 0 Å². The largest absolute Gasteiger partial charge is 0.454 e. The molecule has 0 aliphatic rings. The van der Waals surface area contributed by atoms with Crippen molar-refractivity contribution in [3.05, 3.63) is 48.5 Å². The van der Waals surface area contributed by atoms with E-state index in [1.165, 1.54) is 10.4 Å². The van der Waals surface area contributed by atoms with Gasteiger partial charge in [0.25, 0.3) is 0 Å². The summed E-state index contributed by atoms with van der Waals surface area (Å²) in [5.41, 5.74) is 24.3. The smallest absolute Gasteiger partial charge is 0.206 e. The molecule has 0 fully saturated rings. The second-order valence-electron chi connectivity index (χ2n) is 10.4. The van der Waals surface area contributed by atoms with Crippen molar-refractivity contribution in [3.8, 4) is 0 Å². The SMILES string of the molecule is C.C.C.C.C.C.C.C.C[Si](C)(CN)O[Si](C)(C)CN.C[Si](C)(O[Si](C)(C)c1ccc(N)cc1)c1ccc(N)cc1. The normalized spacial score (nSPS) is 10.2. The molecule has 0 saturated carbocycles. The molecule has 0 atom stereocenters. The summed E-state index contributed by atoms with van der Waals surface area (Å²) in [5.74, 6) is 0. The maximum atomic E-state index is 6.67. The molecule has 0 aliphatic carbocycles. The first kappa shape index (κ1) is 58.4. The van der Waals surface area contributed by atoms with E-state index in [4.69, 9.17) is 31.2 Å². The third-order valence-electron chi connectivity index (χ3n) is 5.26. The van der Waals surface area contributed by atoms with E-state index in [0.29, 0.717) is 12.3 Å². The minimum atomic E-state index is -1.96. The molecule has 0 aliphatic heterocycles. The summed E-state index contributed by atoms with van der Waals surface area (Å²) in [7, 11) is -7.07. The van der Waals surface area contributed by atoms with Gasteiger partial charge in [0.15, 0.2) is 16.6 Å². The first-order valence-electron chi connectivity index (χ1n) is 11.1. The standard InChI is InChI=1S/C16H24N2OSi2.C6H20N2OSi2.8CH4/c1-20(2,15-9-5-13(17)6-10-15)19-21(3,4)16-11-7-14(18)8-12-16;1-10(2,5-7)9-11(3,4)6-8;;;;;;;;/h5-12H,17-18H2,1-4H3;5-8H2,1-4H3;8*1H4. The van der Waals surface area contributed by atoms with Gasteiger partial charge in [0.2, 0.25) is 16.6 Å². The quantitative estimate of drug-likeness (QED) is 0.173. The predicted octanol–water partition coefficient (Wildman–Crippen LogP) is 7.89. The lowest BCUT2D eigenvalue weighted by molar-refractivity contribution is 0.541. The molecular weight excluding hydrogens is 561 g/mol. The summed E-state index contributed by atoms with van der Waals surface area (Å²) in [6, 6.07) is 16.2. The highest BCUT2D eigenvalue weighted by Gasteiger charge is 2.35. The van der Waals surface area contributed by atoms with E-state index < -0.39 is 33.3 Å². The van der Waals surface area contributed by atoms with Crippen LogP contribution in [0.15, 0.2) is 48.5 Å². The molecule has 10 heteroatoms. The van der Waals surface area contributed by atoms with Gasteiger partial charge >= 0.3 is 0 Å². The Hall–Kier alpha value is -1.25. The van der Waals surface area contributed by atoms with Crippen LogP contribution >= 0.6 is 0 Å². The molecule has 2 rings (SSSR count). The average Bonchev–Trinajstić information content (AvgIpc) is 2.68. The van der Waals surface area contributed by atoms with Gasteiger partial charge in [0.05, 0.1) is 0 Å². The molecule has 0 spiro atoms. The van der Waals surface area contributed by atoms with Crippen molar-refractivity contribution >= 4 is 55.0 Å². The molecule has 8 N–H and O–H groups in total. The van der Waals surface area contributed by atoms with E-state index >= 15 is 0 Å². The topological polar surface area (TPSA) is 123 Å². The molecule has 0 aromatic heterocycles. The van der Waals surface area contributed by atoms with E-state index in [0.717, 1.165) is 11.4 Å². The Bertz CT molecular complexity index is 776. The molecule has 2 aromatic carbocycles. The monoisotopic (exact) mass is 637 g/mol. The average molecular weight is 637 g/mol. The van der Waals surface area contributed by atoms with Crippen LogP contribution in [0.4, 0.5) is 11.4 Å². The summed E-state index contributed by atoms with van der Waals surface area (Å²) < 4.78 is 12.6. The van der Waals surface area contributed by atoms with E-state index in [9.17, 15) is 0 Å². The first-order chi connectivity index (χ1) is 14.5. The summed E-state index contributed by atoms with van der Waals surface area (Å²) in [6.07, 6.45) is 1.37. The van der Waals surface area contributed by atoms with Crippen molar-refractivity contribution < 1.29 is 8.23 Å². The van der Waals surface area contributed by atoms with Gasteiger partial charge in [-0.15, -0.1) is 0 Å². The fourth-order valence-electron chi connectivity index (χ4n) is 3.36. The molecule has 0 heterocycles. The number of hydrogen-bond donors (Lipinski definition) is 4. The highest BCUT2D eigenvalue weighted by atomic mass is 28.4. The Morgan fingerprint density at radius 3 is 0.875 bits per heavy atom. The van der Waals surface area contributed by atoms with E-state index in [1.807, 2.05) is 24.3 Å². The van der Waals surface area contributed by atoms with E-state index in [2.05, 4.69) is 76.6 Å². The van der Waals surface area contributed by atoms with Crippen LogP contribution in [0.2, 0.25) is 52.4 Å². The molecule has 0 radical (unpaired) electrons. The van der Waals surface area contributed by atoms with Crippen molar-refractivity contribution in [2.45, 2.75) is 112 Å². The third kappa shape index (κ3) is 19.8. The van der Waals surface area contributed by atoms with Gasteiger partial charge in [0, 0.05) is 23.7 Å². The van der Waals surface area contributed by atoms with Gasteiger partial charge in [-0.2, -0.15) is 0 Å². The number of rotatable bonds is 8. The second-order valence-corrected chi connectivity index (χ2v) is 27.1. The molecule has 6 nitrogen and oxygen atoms in total. The maximum Gasteiger partial charge on any atom is 0.206 e. The second kappa shape index (κ2) is 23.3. The molecule has 244 valence electrons. The van der Waals surface area contributed by atoms with E-state index in [-0.39, 0.29) is 59.4 Å². The zero-order chi connectivity index (χ0) is 24.8. The van der Waals surface area contributed by atoms with Crippen LogP contribution in [0, 0.1) is 0 Å². The minimum absolute atomic E-state index is 0. The molecule has 0 amide bonds. The van der Waals surface area contributed by atoms with Crippen LogP contribution < -0.4 is 33.3 Å². The van der Waals surface area contributed by atoms with Gasteiger partial charge in [-0.3, -0.25) is 0 Å². The molecule has 0 bridgehead atoms. The van der Waals surface area contributed by atoms with Crippen LogP contribution in [-0.4, -0.2) is 45.6 Å². The fraction of sp³-hybridized carbons (Fsp3) is 0.600. The minimum Gasteiger partial charge on any atom is -0.454 e. The van der Waals surface area contributed by atoms with E-state index in [1.54, 1.807) is 0 Å². The Labute approximate surface area is 258 Å². The maximum absolute atomic E-state index is 6.67. The lowest BCUT2D eigenvalue weighted by atomic mass is 10.3. The number of benzene rings is 2. The van der Waals surface area contributed by atoms with Gasteiger partial charge in [-0.05, 0) is 87.0 Å². The summed E-state index contributed by atoms with van der Waals surface area (Å²) >= 11 is 0. The lowest BCUT2D eigenvalue weighted by Crippen LogP contribution is -2.57. The van der Waals surface area contributed by atoms with Crippen molar-refractivity contribution in [2.24, 2.45) is 11.5 Å². The number of hydrogen-bond acceptors (Lipinski definition) is 6. The summed E-state index contributed by atoms with van der Waals surface area (Å²) in [5, 5.41) is 2.54. The number of nitrogens with two attached hydrogens (primary N) is 4. The Morgan fingerprint density at radius 1 is 0.450 bits per heavy atom. The van der Waals surface area contributed by atoms with Crippen molar-refractivity contribution in [3.63, 3.8) is 0 Å². The highest BCUT2D eigenvalue weighted by molar-refractivity contribution is 6.96. The molecule has 0 unspecified atom stereocenters. The summed E-state index contributed by atoms with van der Waals surface area (Å²) in [6.45, 7) is 17.5. The number of anilines is 2. The molecular formula is C30H76N4O2Si4. The van der Waals surface area contributed by atoms with Gasteiger partial charge in [-0.1, -0.05) is 83.7 Å². The number of nitrogen functional groups attached to an aromatic ring is 2. The predicted molar refractivity (Wildman–Crippen MR) is 205 cm³/mol. The third-order valence-corrected chi connectivity index (χ3v) is 19.2. The Kier molecular flexibility index (Phi) is 34.1. The van der Waals surface area contributed by atoms with Crippen LogP contribution in [0.5, 0.6) is 0 Å². The summed E-state index contributed by atoms with van der Waals surface area (Å²) in [4.78, 5) is 0. The van der Waals surface area contributed by atoms with Crippen LogP contribution in [0.25, 0.3) is 0 Å². The van der Waals surface area contributed by atoms with Crippen molar-refractivity contribution in [1.82, 2.24) is 0 Å². The zero-order valence-electron chi connectivity index (χ0n) is 21.2. The van der Waals surface area contributed by atoms with Crippen LogP contribution in [0.1, 0.15) is 59.4 Å². The molecule has 0 saturated heterocycles. The van der Waals surface area contributed by atoms with Gasteiger partial charge < -0.3 is 31.2 Å². The molecule has 40 heavy (non-hydrogen) atoms. The lowest BCUT2D eigenvalue weighted by Gasteiger charge is -2.34. The van der Waals surface area contributed by atoms with Crippen molar-refractivity contribution in [2.75, 3.05) is 23.8 Å². The fourth-order valence-corrected chi connectivity index (χ4v) is 18.0. The van der Waals surface area contributed by atoms with Gasteiger partial charge in [0.1, 0.15) is 0 Å². The highest BCUT2D eigenvalue weighted by Crippen LogP contribution is 2.16.